The molecule has 0 bridgehead atoms. The van der Waals surface area contributed by atoms with Gasteiger partial charge in [-0.1, -0.05) is 12.1 Å². The van der Waals surface area contributed by atoms with E-state index in [1.54, 1.807) is 12.1 Å². The molecule has 0 aliphatic carbocycles. The summed E-state index contributed by atoms with van der Waals surface area (Å²) in [5, 5.41) is 0. The Morgan fingerprint density at radius 3 is 2.82 bits per heavy atom. The summed E-state index contributed by atoms with van der Waals surface area (Å²) in [6, 6.07) is 6.53. The Balaban J connectivity index is 1.38. The van der Waals surface area contributed by atoms with Crippen LogP contribution in [0.1, 0.15) is 49.5 Å². The van der Waals surface area contributed by atoms with E-state index in [0.29, 0.717) is 6.42 Å². The zero-order valence-corrected chi connectivity index (χ0v) is 16.3. The second-order valence-corrected chi connectivity index (χ2v) is 7.82. The number of hydrogen-bond donors (Lipinski definition) is 2. The molecule has 4 rings (SSSR count). The van der Waals surface area contributed by atoms with Gasteiger partial charge in [0, 0.05) is 37.6 Å². The standard InChI is InChI=1S/C21H28FN5O/c1-15-23-10-13-26(15)12-9-18-4-2-3-11-27(18)21(28)20-14-19(24-25-20)16-5-7-17(22)8-6-16/h5-8,10,13,18-20,24-25H,2-4,9,11-12,14H2,1H3. The molecule has 150 valence electrons. The number of carbonyl (C=O) groups excluding carboxylic acids is 1. The fraction of sp³-hybridized carbons (Fsp3) is 0.524. The highest BCUT2D eigenvalue weighted by Gasteiger charge is 2.36. The predicted molar refractivity (Wildman–Crippen MR) is 105 cm³/mol. The highest BCUT2D eigenvalue weighted by atomic mass is 19.1. The fourth-order valence-electron chi connectivity index (χ4n) is 4.35. The third-order valence-corrected chi connectivity index (χ3v) is 6.01. The monoisotopic (exact) mass is 385 g/mol. The maximum atomic E-state index is 13.2. The Hall–Kier alpha value is -2.25. The molecule has 1 amide bonds. The summed E-state index contributed by atoms with van der Waals surface area (Å²) < 4.78 is 15.3. The molecule has 1 aromatic heterocycles. The zero-order chi connectivity index (χ0) is 19.5. The second kappa shape index (κ2) is 8.41. The topological polar surface area (TPSA) is 62.2 Å². The lowest BCUT2D eigenvalue weighted by molar-refractivity contribution is -0.137. The van der Waals surface area contributed by atoms with Crippen molar-refractivity contribution < 1.29 is 9.18 Å². The van der Waals surface area contributed by atoms with Crippen molar-refractivity contribution in [3.05, 3.63) is 53.9 Å². The zero-order valence-electron chi connectivity index (χ0n) is 16.3. The van der Waals surface area contributed by atoms with Gasteiger partial charge in [0.2, 0.25) is 5.91 Å². The van der Waals surface area contributed by atoms with Gasteiger partial charge in [-0.15, -0.1) is 0 Å². The van der Waals surface area contributed by atoms with Crippen molar-refractivity contribution in [3.63, 3.8) is 0 Å². The second-order valence-electron chi connectivity index (χ2n) is 7.82. The van der Waals surface area contributed by atoms with Crippen LogP contribution in [0.15, 0.2) is 36.7 Å². The van der Waals surface area contributed by atoms with Gasteiger partial charge in [-0.25, -0.2) is 20.2 Å². The summed E-state index contributed by atoms with van der Waals surface area (Å²) in [4.78, 5) is 19.6. The molecule has 2 saturated heterocycles. The molecule has 1 aromatic carbocycles. The highest BCUT2D eigenvalue weighted by Crippen LogP contribution is 2.27. The van der Waals surface area contributed by atoms with E-state index < -0.39 is 0 Å². The van der Waals surface area contributed by atoms with Crippen LogP contribution in [-0.2, 0) is 11.3 Å². The third kappa shape index (κ3) is 4.10. The average Bonchev–Trinajstić information content (AvgIpc) is 3.36. The Morgan fingerprint density at radius 1 is 1.25 bits per heavy atom. The molecule has 0 spiro atoms. The Morgan fingerprint density at radius 2 is 2.07 bits per heavy atom. The van der Waals surface area contributed by atoms with Gasteiger partial charge in [-0.05, 0) is 56.7 Å². The largest absolute Gasteiger partial charge is 0.338 e. The molecule has 3 atom stereocenters. The molecular formula is C21H28FN5O. The Labute approximate surface area is 165 Å². The number of hydrazine groups is 1. The maximum absolute atomic E-state index is 13.2. The van der Waals surface area contributed by atoms with Gasteiger partial charge in [0.05, 0.1) is 0 Å². The van der Waals surface area contributed by atoms with E-state index in [0.717, 1.165) is 43.7 Å². The van der Waals surface area contributed by atoms with Crippen LogP contribution in [-0.4, -0.2) is 39.0 Å². The predicted octanol–water partition coefficient (Wildman–Crippen LogP) is 2.71. The Bertz CT molecular complexity index is 805. The number of nitrogens with zero attached hydrogens (tertiary/aromatic N) is 3. The lowest BCUT2D eigenvalue weighted by Gasteiger charge is -2.37. The number of nitrogens with one attached hydrogen (secondary N) is 2. The van der Waals surface area contributed by atoms with Crippen molar-refractivity contribution in [2.45, 2.75) is 63.7 Å². The first-order valence-corrected chi connectivity index (χ1v) is 10.2. The van der Waals surface area contributed by atoms with Crippen LogP contribution in [0.2, 0.25) is 0 Å². The minimum absolute atomic E-state index is 0.0198. The first-order valence-electron chi connectivity index (χ1n) is 10.2. The van der Waals surface area contributed by atoms with Crippen LogP contribution in [0, 0.1) is 12.7 Å². The molecule has 3 heterocycles. The van der Waals surface area contributed by atoms with Gasteiger partial charge < -0.3 is 9.47 Å². The summed E-state index contributed by atoms with van der Waals surface area (Å²) in [6.45, 7) is 3.72. The third-order valence-electron chi connectivity index (χ3n) is 6.01. The molecule has 0 saturated carbocycles. The number of rotatable bonds is 5. The maximum Gasteiger partial charge on any atom is 0.241 e. The van der Waals surface area contributed by atoms with Crippen molar-refractivity contribution in [2.75, 3.05) is 6.54 Å². The van der Waals surface area contributed by atoms with Gasteiger partial charge >= 0.3 is 0 Å². The molecule has 2 fully saturated rings. The van der Waals surface area contributed by atoms with Crippen LogP contribution < -0.4 is 10.9 Å². The van der Waals surface area contributed by atoms with Gasteiger partial charge in [-0.3, -0.25) is 4.79 Å². The molecule has 2 N–H and O–H groups in total. The van der Waals surface area contributed by atoms with Gasteiger partial charge in [0.25, 0.3) is 0 Å². The molecule has 2 aromatic rings. The molecule has 7 heteroatoms. The lowest BCUT2D eigenvalue weighted by atomic mass is 9.96. The first kappa shape index (κ1) is 19.1. The molecule has 28 heavy (non-hydrogen) atoms. The number of benzene rings is 1. The van der Waals surface area contributed by atoms with Crippen molar-refractivity contribution in [2.24, 2.45) is 0 Å². The number of carbonyl (C=O) groups is 1. The Kier molecular flexibility index (Phi) is 5.73. The number of aryl methyl sites for hydroxylation is 2. The van der Waals surface area contributed by atoms with Crippen LogP contribution in [0.5, 0.6) is 0 Å². The quantitative estimate of drug-likeness (QED) is 0.831. The molecule has 2 aliphatic heterocycles. The first-order chi connectivity index (χ1) is 13.6. The summed E-state index contributed by atoms with van der Waals surface area (Å²) in [5.41, 5.74) is 7.37. The number of halogens is 1. The van der Waals surface area contributed by atoms with E-state index in [-0.39, 0.29) is 29.8 Å². The lowest BCUT2D eigenvalue weighted by Crippen LogP contribution is -2.51. The fourth-order valence-corrected chi connectivity index (χ4v) is 4.35. The normalized spacial score (nSPS) is 25.2. The summed E-state index contributed by atoms with van der Waals surface area (Å²) >= 11 is 0. The van der Waals surface area contributed by atoms with Crippen molar-refractivity contribution in [1.82, 2.24) is 25.3 Å². The van der Waals surface area contributed by atoms with Crippen LogP contribution in [0.3, 0.4) is 0 Å². The van der Waals surface area contributed by atoms with Crippen molar-refractivity contribution in [3.8, 4) is 0 Å². The van der Waals surface area contributed by atoms with Gasteiger partial charge in [0.15, 0.2) is 0 Å². The van der Waals surface area contributed by atoms with E-state index in [2.05, 4.69) is 25.3 Å². The van der Waals surface area contributed by atoms with E-state index in [9.17, 15) is 9.18 Å². The summed E-state index contributed by atoms with van der Waals surface area (Å²) in [5.74, 6) is 0.938. The minimum atomic E-state index is -0.245. The van der Waals surface area contributed by atoms with E-state index in [1.807, 2.05) is 19.3 Å². The highest BCUT2D eigenvalue weighted by molar-refractivity contribution is 5.82. The van der Waals surface area contributed by atoms with Gasteiger partial charge in [-0.2, -0.15) is 0 Å². The summed E-state index contributed by atoms with van der Waals surface area (Å²) in [6.07, 6.45) is 8.74. The molecule has 6 nitrogen and oxygen atoms in total. The van der Waals surface area contributed by atoms with Gasteiger partial charge in [0.1, 0.15) is 17.7 Å². The smallest absolute Gasteiger partial charge is 0.241 e. The average molecular weight is 385 g/mol. The molecular weight excluding hydrogens is 357 g/mol. The van der Waals surface area contributed by atoms with Crippen molar-refractivity contribution in [1.29, 1.82) is 0 Å². The number of imidazole rings is 1. The SMILES string of the molecule is Cc1nccn1CCC1CCCCN1C(=O)C1CC(c2ccc(F)cc2)NN1. The molecule has 3 unspecified atom stereocenters. The number of amides is 1. The van der Waals surface area contributed by atoms with E-state index in [1.165, 1.54) is 18.6 Å². The number of likely N-dealkylation sites (tertiary alicyclic amines) is 1. The number of hydrogen-bond acceptors (Lipinski definition) is 4. The number of piperidine rings is 1. The molecule has 2 aliphatic rings. The van der Waals surface area contributed by atoms with Crippen LogP contribution in [0.4, 0.5) is 4.39 Å². The summed E-state index contributed by atoms with van der Waals surface area (Å²) in [7, 11) is 0. The van der Waals surface area contributed by atoms with Crippen molar-refractivity contribution >= 4 is 5.91 Å². The number of aromatic nitrogens is 2. The molecule has 0 radical (unpaired) electrons. The van der Waals surface area contributed by atoms with E-state index >= 15 is 0 Å². The van der Waals surface area contributed by atoms with Crippen LogP contribution >= 0.6 is 0 Å². The minimum Gasteiger partial charge on any atom is -0.338 e. The van der Waals surface area contributed by atoms with E-state index in [4.69, 9.17) is 0 Å². The van der Waals surface area contributed by atoms with Crippen LogP contribution in [0.25, 0.3) is 0 Å².